The van der Waals surface area contributed by atoms with E-state index in [0.29, 0.717) is 31.2 Å². The zero-order valence-corrected chi connectivity index (χ0v) is 25.9. The smallest absolute Gasteiger partial charge is 0.338 e. The van der Waals surface area contributed by atoms with E-state index in [1.807, 2.05) is 42.5 Å². The molecule has 0 aliphatic carbocycles. The van der Waals surface area contributed by atoms with Crippen LogP contribution in [0.5, 0.6) is 0 Å². The van der Waals surface area contributed by atoms with Crippen LogP contribution in [0.15, 0.2) is 106 Å². The third kappa shape index (κ3) is 5.19. The molecule has 6 rings (SSSR count). The molecule has 3 aromatic carbocycles. The summed E-state index contributed by atoms with van der Waals surface area (Å²) in [6.07, 6.45) is 1.91. The van der Waals surface area contributed by atoms with Gasteiger partial charge >= 0.3 is 5.97 Å². The van der Waals surface area contributed by atoms with Crippen molar-refractivity contribution < 1.29 is 9.53 Å². The third-order valence-electron chi connectivity index (χ3n) is 7.71. The first-order valence-electron chi connectivity index (χ1n) is 14.1. The average Bonchev–Trinajstić information content (AvgIpc) is 3.46. The van der Waals surface area contributed by atoms with Gasteiger partial charge in [0.1, 0.15) is 6.04 Å². The van der Waals surface area contributed by atoms with Gasteiger partial charge in [0.05, 0.1) is 22.4 Å². The Morgan fingerprint density at radius 2 is 1.65 bits per heavy atom. The number of aromatic nitrogens is 2. The normalized spacial score (nSPS) is 14.9. The van der Waals surface area contributed by atoms with E-state index in [9.17, 15) is 9.59 Å². The molecule has 8 heteroatoms. The molecule has 1 atom stereocenters. The number of hydrogen-bond donors (Lipinski definition) is 0. The predicted molar refractivity (Wildman–Crippen MR) is 173 cm³/mol. The number of carbonyl (C=O) groups is 1. The van der Waals surface area contributed by atoms with Crippen molar-refractivity contribution in [2.45, 2.75) is 33.7 Å². The molecule has 0 amide bonds. The highest BCUT2D eigenvalue weighted by Crippen LogP contribution is 2.34. The quantitative estimate of drug-likeness (QED) is 0.206. The SMILES string of the molecule is CCOC(=O)C1=C(C)N=c2s/c(=C\c3cc(C)n(-c4ccc(-c5ccccc5)cc4)c3C)c(=O)n2[C@@H]1c1ccccc1Cl. The maximum atomic E-state index is 14.0. The van der Waals surface area contributed by atoms with Crippen molar-refractivity contribution in [1.29, 1.82) is 0 Å². The van der Waals surface area contributed by atoms with Gasteiger partial charge in [-0.15, -0.1) is 0 Å². The highest BCUT2D eigenvalue weighted by molar-refractivity contribution is 7.07. The number of rotatable bonds is 6. The Balaban J connectivity index is 1.45. The molecule has 3 heterocycles. The minimum atomic E-state index is -0.748. The first-order valence-corrected chi connectivity index (χ1v) is 15.3. The van der Waals surface area contributed by atoms with E-state index in [-0.39, 0.29) is 12.2 Å². The summed E-state index contributed by atoms with van der Waals surface area (Å²) in [7, 11) is 0. The first-order chi connectivity index (χ1) is 20.8. The molecule has 0 saturated carbocycles. The van der Waals surface area contributed by atoms with E-state index in [2.05, 4.69) is 65.9 Å². The van der Waals surface area contributed by atoms with E-state index >= 15 is 0 Å². The molecule has 216 valence electrons. The lowest BCUT2D eigenvalue weighted by atomic mass is 9.96. The molecule has 1 aliphatic rings. The Labute approximate surface area is 258 Å². The largest absolute Gasteiger partial charge is 0.463 e. The summed E-state index contributed by atoms with van der Waals surface area (Å²) < 4.78 is 9.66. The minimum absolute atomic E-state index is 0.208. The summed E-state index contributed by atoms with van der Waals surface area (Å²) in [6, 6.07) is 27.4. The van der Waals surface area contributed by atoms with Gasteiger partial charge in [0, 0.05) is 22.1 Å². The van der Waals surface area contributed by atoms with Gasteiger partial charge in [-0.25, -0.2) is 9.79 Å². The Morgan fingerprint density at radius 3 is 2.35 bits per heavy atom. The van der Waals surface area contributed by atoms with Crippen molar-refractivity contribution in [1.82, 2.24) is 9.13 Å². The number of fused-ring (bicyclic) bond motifs is 1. The minimum Gasteiger partial charge on any atom is -0.463 e. The first kappa shape index (κ1) is 28.6. The van der Waals surface area contributed by atoms with E-state index in [0.717, 1.165) is 28.2 Å². The van der Waals surface area contributed by atoms with Crippen molar-refractivity contribution in [2.24, 2.45) is 4.99 Å². The Hall–Kier alpha value is -4.46. The monoisotopic (exact) mass is 607 g/mol. The standard InChI is InChI=1S/C35H30ClN3O3S/c1-5-42-34(41)31-22(3)37-35-39(32(31)28-13-9-10-14-29(28)36)33(40)30(43-35)20-26-19-21(2)38(23(26)4)27-17-15-25(16-18-27)24-11-7-6-8-12-24/h6-20,32H,5H2,1-4H3/b30-20-/t32-/m1/s1. The number of ether oxygens (including phenoxy) is 1. The fourth-order valence-electron chi connectivity index (χ4n) is 5.69. The van der Waals surface area contributed by atoms with Crippen molar-refractivity contribution in [3.8, 4) is 16.8 Å². The zero-order valence-electron chi connectivity index (χ0n) is 24.3. The van der Waals surface area contributed by atoms with Crippen LogP contribution in [0, 0.1) is 13.8 Å². The number of nitrogens with zero attached hydrogens (tertiary/aromatic N) is 3. The van der Waals surface area contributed by atoms with Gasteiger partial charge in [-0.1, -0.05) is 83.6 Å². The highest BCUT2D eigenvalue weighted by Gasteiger charge is 2.34. The fourth-order valence-corrected chi connectivity index (χ4v) is 6.97. The molecule has 0 fully saturated rings. The highest BCUT2D eigenvalue weighted by atomic mass is 35.5. The van der Waals surface area contributed by atoms with E-state index in [1.54, 1.807) is 24.5 Å². The van der Waals surface area contributed by atoms with Crippen LogP contribution in [0.4, 0.5) is 0 Å². The van der Waals surface area contributed by atoms with Crippen LogP contribution in [0.1, 0.15) is 42.4 Å². The lowest BCUT2D eigenvalue weighted by molar-refractivity contribution is -0.139. The Morgan fingerprint density at radius 1 is 0.977 bits per heavy atom. The fraction of sp³-hybridized carbons (Fsp3) is 0.171. The van der Waals surface area contributed by atoms with Crippen molar-refractivity contribution in [2.75, 3.05) is 6.61 Å². The van der Waals surface area contributed by atoms with Crippen LogP contribution < -0.4 is 14.9 Å². The number of halogens is 1. The molecule has 0 radical (unpaired) electrons. The van der Waals surface area contributed by atoms with Crippen LogP contribution in [0.25, 0.3) is 22.9 Å². The van der Waals surface area contributed by atoms with Crippen LogP contribution in [0.3, 0.4) is 0 Å². The van der Waals surface area contributed by atoms with Gasteiger partial charge in [0.2, 0.25) is 0 Å². The number of benzene rings is 3. The van der Waals surface area contributed by atoms with Crippen molar-refractivity contribution in [3.63, 3.8) is 0 Å². The number of allylic oxidation sites excluding steroid dienone is 1. The predicted octanol–water partition coefficient (Wildman–Crippen LogP) is 6.53. The number of carbonyl (C=O) groups excluding carboxylic acids is 1. The Kier molecular flexibility index (Phi) is 7.77. The maximum absolute atomic E-state index is 14.0. The summed E-state index contributed by atoms with van der Waals surface area (Å²) in [5.74, 6) is -0.509. The summed E-state index contributed by atoms with van der Waals surface area (Å²) in [5, 5.41) is 0.459. The van der Waals surface area contributed by atoms with E-state index in [4.69, 9.17) is 16.3 Å². The summed E-state index contributed by atoms with van der Waals surface area (Å²) in [5.41, 5.74) is 7.60. The van der Waals surface area contributed by atoms with Crippen LogP contribution in [-0.2, 0) is 9.53 Å². The number of aryl methyl sites for hydroxylation is 1. The molecule has 2 aromatic heterocycles. The van der Waals surface area contributed by atoms with E-state index < -0.39 is 12.0 Å². The number of esters is 1. The second-order valence-electron chi connectivity index (χ2n) is 10.4. The number of hydrogen-bond acceptors (Lipinski definition) is 5. The lowest BCUT2D eigenvalue weighted by Gasteiger charge is -2.25. The molecule has 6 nitrogen and oxygen atoms in total. The van der Waals surface area contributed by atoms with Gasteiger partial charge in [-0.05, 0) is 80.3 Å². The molecule has 0 spiro atoms. The lowest BCUT2D eigenvalue weighted by Crippen LogP contribution is -2.40. The second-order valence-corrected chi connectivity index (χ2v) is 11.8. The van der Waals surface area contributed by atoms with Gasteiger partial charge in [0.15, 0.2) is 4.80 Å². The second kappa shape index (κ2) is 11.7. The van der Waals surface area contributed by atoms with Gasteiger partial charge in [0.25, 0.3) is 5.56 Å². The van der Waals surface area contributed by atoms with Crippen LogP contribution in [0.2, 0.25) is 5.02 Å². The molecule has 43 heavy (non-hydrogen) atoms. The molecule has 5 aromatic rings. The molecule has 0 saturated heterocycles. The molecule has 1 aliphatic heterocycles. The maximum Gasteiger partial charge on any atom is 0.338 e. The van der Waals surface area contributed by atoms with Gasteiger partial charge in [-0.3, -0.25) is 9.36 Å². The average molecular weight is 608 g/mol. The van der Waals surface area contributed by atoms with Gasteiger partial charge in [-0.2, -0.15) is 0 Å². The van der Waals surface area contributed by atoms with Crippen LogP contribution in [-0.4, -0.2) is 21.7 Å². The Bertz CT molecular complexity index is 2070. The molecule has 0 N–H and O–H groups in total. The van der Waals surface area contributed by atoms with Crippen LogP contribution >= 0.6 is 22.9 Å². The molecular formula is C35H30ClN3O3S. The summed E-state index contributed by atoms with van der Waals surface area (Å²) in [6.45, 7) is 7.84. The topological polar surface area (TPSA) is 65.6 Å². The number of thiazole rings is 1. The van der Waals surface area contributed by atoms with Crippen molar-refractivity contribution in [3.05, 3.63) is 143 Å². The summed E-state index contributed by atoms with van der Waals surface area (Å²) >= 11 is 7.92. The van der Waals surface area contributed by atoms with Gasteiger partial charge < -0.3 is 9.30 Å². The van der Waals surface area contributed by atoms with Crippen molar-refractivity contribution >= 4 is 35.0 Å². The molecule has 0 unspecified atom stereocenters. The van der Waals surface area contributed by atoms with E-state index in [1.165, 1.54) is 16.9 Å². The third-order valence-corrected chi connectivity index (χ3v) is 9.03. The zero-order chi connectivity index (χ0) is 30.2. The molecule has 0 bridgehead atoms. The molecular weight excluding hydrogens is 578 g/mol. The summed E-state index contributed by atoms with van der Waals surface area (Å²) in [4.78, 5) is 32.4.